The number of anilines is 2. The maximum absolute atomic E-state index is 12.7. The van der Waals surface area contributed by atoms with Crippen molar-refractivity contribution in [3.05, 3.63) is 92.5 Å². The highest BCUT2D eigenvalue weighted by atomic mass is 16.4. The van der Waals surface area contributed by atoms with E-state index in [0.29, 0.717) is 29.1 Å². The summed E-state index contributed by atoms with van der Waals surface area (Å²) in [6, 6.07) is 12.3. The summed E-state index contributed by atoms with van der Waals surface area (Å²) < 4.78 is 5.54. The molecule has 0 unspecified atom stereocenters. The first-order chi connectivity index (χ1) is 16.9. The number of pyridine rings is 1. The highest BCUT2D eigenvalue weighted by Gasteiger charge is 2.21. The van der Waals surface area contributed by atoms with E-state index in [0.717, 1.165) is 33.2 Å². The maximum atomic E-state index is 12.7. The van der Waals surface area contributed by atoms with Crippen molar-refractivity contribution in [2.24, 2.45) is 0 Å². The molecule has 0 atom stereocenters. The maximum Gasteiger partial charge on any atom is 0.340 e. The number of phenolic OH excluding ortho intramolecular Hbond substituents is 1. The minimum absolute atomic E-state index is 0.110. The molecule has 0 aliphatic heterocycles. The van der Waals surface area contributed by atoms with Crippen LogP contribution in [0.15, 0.2) is 57.9 Å². The molecule has 2 aromatic heterocycles. The van der Waals surface area contributed by atoms with Gasteiger partial charge in [-0.3, -0.25) is 5.32 Å². The van der Waals surface area contributed by atoms with Crippen molar-refractivity contribution in [2.75, 3.05) is 10.6 Å². The van der Waals surface area contributed by atoms with Crippen molar-refractivity contribution in [3.63, 3.8) is 0 Å². The summed E-state index contributed by atoms with van der Waals surface area (Å²) >= 11 is 0. The number of amides is 2. The number of hydrogen-bond donors (Lipinski definition) is 3. The molecular weight excluding hydrogens is 454 g/mol. The normalized spacial score (nSPS) is 11.5. The lowest BCUT2D eigenvalue weighted by Crippen LogP contribution is -2.20. The summed E-state index contributed by atoms with van der Waals surface area (Å²) in [7, 11) is 0. The molecular formula is C29H31N3O4. The Morgan fingerprint density at radius 3 is 2.39 bits per heavy atom. The van der Waals surface area contributed by atoms with Crippen LogP contribution in [0.5, 0.6) is 5.75 Å². The van der Waals surface area contributed by atoms with Crippen LogP contribution >= 0.6 is 0 Å². The van der Waals surface area contributed by atoms with Crippen LogP contribution in [0.3, 0.4) is 0 Å². The van der Waals surface area contributed by atoms with Crippen LogP contribution in [0.2, 0.25) is 0 Å². The number of aryl methyl sites for hydroxylation is 3. The van der Waals surface area contributed by atoms with Crippen molar-refractivity contribution in [1.29, 1.82) is 0 Å². The van der Waals surface area contributed by atoms with E-state index in [9.17, 15) is 14.7 Å². The Labute approximate surface area is 210 Å². The quantitative estimate of drug-likeness (QED) is 0.292. The van der Waals surface area contributed by atoms with Crippen LogP contribution in [0, 0.1) is 20.8 Å². The van der Waals surface area contributed by atoms with Crippen LogP contribution in [-0.2, 0) is 11.8 Å². The molecule has 0 saturated heterocycles. The first kappa shape index (κ1) is 25.0. The van der Waals surface area contributed by atoms with E-state index in [-0.39, 0.29) is 17.2 Å². The van der Waals surface area contributed by atoms with Gasteiger partial charge in [-0.05, 0) is 72.7 Å². The number of benzene rings is 2. The van der Waals surface area contributed by atoms with E-state index in [1.54, 1.807) is 12.3 Å². The smallest absolute Gasteiger partial charge is 0.340 e. The number of rotatable bonds is 4. The van der Waals surface area contributed by atoms with Gasteiger partial charge >= 0.3 is 11.7 Å². The van der Waals surface area contributed by atoms with Gasteiger partial charge in [-0.1, -0.05) is 32.9 Å². The molecule has 7 nitrogen and oxygen atoms in total. The zero-order valence-corrected chi connectivity index (χ0v) is 21.4. The molecule has 7 heteroatoms. The standard InChI is InChI=1S/C29H31N3O4/c1-16-7-9-20(11-17(16)2)31-28(35)32-26-10-8-19(15-30-26)12-22-18(3)21-13-23(29(4,5)6)24(33)14-25(21)36-27(22)34/h7-11,13-15,33H,12H2,1-6H3,(H2,30,31,32,35). The van der Waals surface area contributed by atoms with E-state index in [4.69, 9.17) is 4.42 Å². The van der Waals surface area contributed by atoms with Gasteiger partial charge in [0.1, 0.15) is 17.2 Å². The highest BCUT2D eigenvalue weighted by Crippen LogP contribution is 2.35. The molecule has 0 aliphatic carbocycles. The topological polar surface area (TPSA) is 104 Å². The molecule has 36 heavy (non-hydrogen) atoms. The molecule has 0 aliphatic rings. The number of aromatic hydroxyl groups is 1. The highest BCUT2D eigenvalue weighted by molar-refractivity contribution is 5.99. The Morgan fingerprint density at radius 2 is 1.75 bits per heavy atom. The Morgan fingerprint density at radius 1 is 1.00 bits per heavy atom. The number of phenols is 1. The third kappa shape index (κ3) is 5.25. The third-order valence-corrected chi connectivity index (χ3v) is 6.42. The second-order valence-electron chi connectivity index (χ2n) is 10.2. The number of urea groups is 1. The second kappa shape index (κ2) is 9.49. The number of carbonyl (C=O) groups is 1. The summed E-state index contributed by atoms with van der Waals surface area (Å²) in [5, 5.41) is 16.7. The second-order valence-corrected chi connectivity index (χ2v) is 10.2. The third-order valence-electron chi connectivity index (χ3n) is 6.42. The van der Waals surface area contributed by atoms with Gasteiger partial charge in [0.15, 0.2) is 0 Å². The summed E-state index contributed by atoms with van der Waals surface area (Å²) in [6.45, 7) is 12.0. The van der Waals surface area contributed by atoms with Gasteiger partial charge in [-0.25, -0.2) is 14.6 Å². The number of aromatic nitrogens is 1. The van der Waals surface area contributed by atoms with E-state index >= 15 is 0 Å². The lowest BCUT2D eigenvalue weighted by Gasteiger charge is -2.21. The molecule has 186 valence electrons. The summed E-state index contributed by atoms with van der Waals surface area (Å²) in [5.74, 6) is 0.506. The van der Waals surface area contributed by atoms with E-state index in [1.807, 2.05) is 71.9 Å². The largest absolute Gasteiger partial charge is 0.508 e. The number of nitrogens with one attached hydrogen (secondary N) is 2. The van der Waals surface area contributed by atoms with Gasteiger partial charge in [-0.2, -0.15) is 0 Å². The van der Waals surface area contributed by atoms with E-state index in [2.05, 4.69) is 15.6 Å². The zero-order valence-electron chi connectivity index (χ0n) is 21.4. The van der Waals surface area contributed by atoms with E-state index in [1.165, 1.54) is 6.07 Å². The fourth-order valence-electron chi connectivity index (χ4n) is 4.13. The zero-order chi connectivity index (χ0) is 26.2. The molecule has 2 aromatic carbocycles. The van der Waals surface area contributed by atoms with Gasteiger partial charge in [0.2, 0.25) is 0 Å². The average Bonchev–Trinajstić information content (AvgIpc) is 2.79. The number of nitrogens with zero attached hydrogens (tertiary/aromatic N) is 1. The van der Waals surface area contributed by atoms with Gasteiger partial charge in [0.25, 0.3) is 0 Å². The van der Waals surface area contributed by atoms with Crippen LogP contribution in [0.25, 0.3) is 11.0 Å². The van der Waals surface area contributed by atoms with Crippen molar-refractivity contribution >= 4 is 28.5 Å². The van der Waals surface area contributed by atoms with Crippen molar-refractivity contribution < 1.29 is 14.3 Å². The average molecular weight is 486 g/mol. The molecule has 0 saturated carbocycles. The van der Waals surface area contributed by atoms with Gasteiger partial charge < -0.3 is 14.8 Å². The van der Waals surface area contributed by atoms with Crippen LogP contribution in [0.4, 0.5) is 16.3 Å². The molecule has 0 fully saturated rings. The fourth-order valence-corrected chi connectivity index (χ4v) is 4.13. The first-order valence-electron chi connectivity index (χ1n) is 11.8. The molecule has 4 rings (SSSR count). The van der Waals surface area contributed by atoms with Crippen LogP contribution in [0.1, 0.15) is 54.2 Å². The molecule has 2 amide bonds. The van der Waals surface area contributed by atoms with Gasteiger partial charge in [-0.15, -0.1) is 0 Å². The predicted octanol–water partition coefficient (Wildman–Crippen LogP) is 6.35. The minimum Gasteiger partial charge on any atom is -0.508 e. The molecule has 0 spiro atoms. The van der Waals surface area contributed by atoms with Crippen molar-refractivity contribution in [1.82, 2.24) is 4.98 Å². The minimum atomic E-state index is -0.446. The number of hydrogen-bond acceptors (Lipinski definition) is 5. The van der Waals surface area contributed by atoms with E-state index < -0.39 is 5.63 Å². The van der Waals surface area contributed by atoms with Crippen molar-refractivity contribution in [3.8, 4) is 5.75 Å². The number of carbonyl (C=O) groups excluding carboxylic acids is 1. The SMILES string of the molecule is Cc1ccc(NC(=O)Nc2ccc(Cc3c(C)c4cc(C(C)(C)C)c(O)cc4oc3=O)cn2)cc1C. The monoisotopic (exact) mass is 485 g/mol. The van der Waals surface area contributed by atoms with Gasteiger partial charge in [0, 0.05) is 40.9 Å². The first-order valence-corrected chi connectivity index (χ1v) is 11.8. The Balaban J connectivity index is 1.53. The summed E-state index contributed by atoms with van der Waals surface area (Å²) in [4.78, 5) is 29.4. The Hall–Kier alpha value is -4.13. The summed E-state index contributed by atoms with van der Waals surface area (Å²) in [6.07, 6.45) is 1.96. The van der Waals surface area contributed by atoms with Crippen molar-refractivity contribution in [2.45, 2.75) is 53.4 Å². The lowest BCUT2D eigenvalue weighted by molar-refractivity contribution is 0.262. The number of fused-ring (bicyclic) bond motifs is 1. The van der Waals surface area contributed by atoms with Crippen LogP contribution < -0.4 is 16.3 Å². The Kier molecular flexibility index (Phi) is 6.59. The lowest BCUT2D eigenvalue weighted by atomic mass is 9.85. The Bertz CT molecular complexity index is 1510. The van der Waals surface area contributed by atoms with Gasteiger partial charge in [0.05, 0.1) is 0 Å². The fraction of sp³-hybridized carbons (Fsp3) is 0.276. The molecule has 3 N–H and O–H groups in total. The molecule has 0 radical (unpaired) electrons. The molecule has 4 aromatic rings. The predicted molar refractivity (Wildman–Crippen MR) is 143 cm³/mol. The molecule has 0 bridgehead atoms. The van der Waals surface area contributed by atoms with Crippen LogP contribution in [-0.4, -0.2) is 16.1 Å². The molecule has 2 heterocycles. The summed E-state index contributed by atoms with van der Waals surface area (Å²) in [5.41, 5.74) is 5.53.